The highest BCUT2D eigenvalue weighted by molar-refractivity contribution is 9.12. The average Bonchev–Trinajstić information content (AvgIpc) is 1.97. The summed E-state index contributed by atoms with van der Waals surface area (Å²) < 4.78 is 0. The van der Waals surface area contributed by atoms with E-state index in [4.69, 9.17) is 0 Å². The van der Waals surface area contributed by atoms with E-state index in [9.17, 15) is 5.11 Å². The van der Waals surface area contributed by atoms with Gasteiger partial charge < -0.3 is 10.0 Å². The Morgan fingerprint density at radius 1 is 1.45 bits per heavy atom. The average molecular weight is 218 g/mol. The topological polar surface area (TPSA) is 23.5 Å². The van der Waals surface area contributed by atoms with E-state index in [0.29, 0.717) is 0 Å². The van der Waals surface area contributed by atoms with Gasteiger partial charge in [0.25, 0.3) is 0 Å². The van der Waals surface area contributed by atoms with Crippen LogP contribution in [0.2, 0.25) is 0 Å². The van der Waals surface area contributed by atoms with E-state index in [2.05, 4.69) is 38.6 Å². The highest BCUT2D eigenvalue weighted by atomic mass is 79.9. The molecule has 1 aliphatic heterocycles. The second kappa shape index (κ2) is 3.57. The summed E-state index contributed by atoms with van der Waals surface area (Å²) in [7, 11) is 2.06. The number of piperidine rings is 1. The van der Waals surface area contributed by atoms with Crippen molar-refractivity contribution in [1.82, 2.24) is 4.90 Å². The first-order chi connectivity index (χ1) is 5.16. The van der Waals surface area contributed by atoms with E-state index >= 15 is 0 Å². The molecular formula is C8H12BrNO. The van der Waals surface area contributed by atoms with Crippen molar-refractivity contribution in [2.24, 2.45) is 0 Å². The van der Waals surface area contributed by atoms with Crippen LogP contribution in [0.5, 0.6) is 0 Å². The second-order valence-electron chi connectivity index (χ2n) is 3.05. The van der Waals surface area contributed by atoms with Crippen LogP contribution in [0.1, 0.15) is 12.8 Å². The summed E-state index contributed by atoms with van der Waals surface area (Å²) in [6.45, 7) is 1.86. The Morgan fingerprint density at radius 3 is 2.45 bits per heavy atom. The first-order valence-corrected chi connectivity index (χ1v) is 4.49. The van der Waals surface area contributed by atoms with Crippen LogP contribution in [0.25, 0.3) is 0 Å². The van der Waals surface area contributed by atoms with Gasteiger partial charge in [0.05, 0.1) is 0 Å². The normalized spacial score (nSPS) is 23.9. The Hall–Kier alpha value is -0.0400. The Kier molecular flexibility index (Phi) is 2.94. The van der Waals surface area contributed by atoms with Gasteiger partial charge in [0, 0.05) is 41.9 Å². The van der Waals surface area contributed by atoms with Gasteiger partial charge in [-0.15, -0.1) is 0 Å². The fourth-order valence-electron chi connectivity index (χ4n) is 1.20. The minimum Gasteiger partial charge on any atom is -0.377 e. The van der Waals surface area contributed by atoms with Crippen molar-refractivity contribution in [1.29, 1.82) is 0 Å². The predicted octanol–water partition coefficient (Wildman–Crippen LogP) is 0.799. The Labute approximate surface area is 75.7 Å². The molecule has 0 amide bonds. The van der Waals surface area contributed by atoms with Crippen molar-refractivity contribution in [3.05, 3.63) is 0 Å². The van der Waals surface area contributed by atoms with Crippen LogP contribution in [-0.2, 0) is 0 Å². The Balaban J connectivity index is 2.52. The van der Waals surface area contributed by atoms with Crippen LogP contribution in [0.4, 0.5) is 0 Å². The van der Waals surface area contributed by atoms with E-state index < -0.39 is 5.60 Å². The summed E-state index contributed by atoms with van der Waals surface area (Å²) in [5.41, 5.74) is -0.740. The van der Waals surface area contributed by atoms with Gasteiger partial charge >= 0.3 is 0 Å². The highest BCUT2D eigenvalue weighted by Crippen LogP contribution is 2.20. The molecule has 0 radical (unpaired) electrons. The lowest BCUT2D eigenvalue weighted by molar-refractivity contribution is 0.0351. The molecule has 0 aromatic heterocycles. The van der Waals surface area contributed by atoms with Gasteiger partial charge in [0.1, 0.15) is 5.60 Å². The third-order valence-corrected chi connectivity index (χ3v) is 2.29. The first-order valence-electron chi connectivity index (χ1n) is 3.70. The minimum absolute atomic E-state index is 0.740. The van der Waals surface area contributed by atoms with Crippen molar-refractivity contribution in [2.45, 2.75) is 18.4 Å². The molecule has 62 valence electrons. The van der Waals surface area contributed by atoms with Crippen LogP contribution in [0.15, 0.2) is 0 Å². The van der Waals surface area contributed by atoms with Crippen molar-refractivity contribution in [3.63, 3.8) is 0 Å². The van der Waals surface area contributed by atoms with Crippen molar-refractivity contribution >= 4 is 15.9 Å². The molecule has 0 aromatic rings. The number of halogens is 1. The molecule has 0 aromatic carbocycles. The van der Waals surface area contributed by atoms with E-state index in [0.717, 1.165) is 25.9 Å². The molecule has 1 N–H and O–H groups in total. The fraction of sp³-hybridized carbons (Fsp3) is 0.750. The van der Waals surface area contributed by atoms with Gasteiger partial charge in [0.2, 0.25) is 0 Å². The van der Waals surface area contributed by atoms with Crippen LogP contribution in [0.3, 0.4) is 0 Å². The van der Waals surface area contributed by atoms with Crippen LogP contribution in [0, 0.1) is 10.8 Å². The van der Waals surface area contributed by atoms with E-state index in [-0.39, 0.29) is 0 Å². The van der Waals surface area contributed by atoms with Crippen LogP contribution in [-0.4, -0.2) is 35.7 Å². The molecule has 1 saturated heterocycles. The van der Waals surface area contributed by atoms with Gasteiger partial charge in [-0.3, -0.25) is 0 Å². The van der Waals surface area contributed by atoms with Crippen molar-refractivity contribution in [2.75, 3.05) is 20.1 Å². The zero-order valence-corrected chi connectivity index (χ0v) is 8.19. The number of nitrogens with zero attached hydrogens (tertiary/aromatic N) is 1. The highest BCUT2D eigenvalue weighted by Gasteiger charge is 2.28. The lowest BCUT2D eigenvalue weighted by Gasteiger charge is -2.32. The number of aliphatic hydroxyl groups is 1. The summed E-state index contributed by atoms with van der Waals surface area (Å²) in [5, 5.41) is 9.76. The lowest BCUT2D eigenvalue weighted by atomic mass is 9.93. The molecule has 0 spiro atoms. The Bertz CT molecular complexity index is 186. The molecule has 0 saturated carbocycles. The second-order valence-corrected chi connectivity index (χ2v) is 3.45. The molecule has 3 heteroatoms. The maximum atomic E-state index is 9.76. The molecular weight excluding hydrogens is 206 g/mol. The van der Waals surface area contributed by atoms with E-state index in [1.807, 2.05) is 0 Å². The van der Waals surface area contributed by atoms with Gasteiger partial charge in [-0.1, -0.05) is 5.92 Å². The van der Waals surface area contributed by atoms with Crippen LogP contribution < -0.4 is 0 Å². The zero-order chi connectivity index (χ0) is 8.32. The molecule has 0 aliphatic carbocycles. The quantitative estimate of drug-likeness (QED) is 0.608. The summed E-state index contributed by atoms with van der Waals surface area (Å²) in [6.07, 6.45) is 1.50. The zero-order valence-electron chi connectivity index (χ0n) is 6.60. The van der Waals surface area contributed by atoms with Gasteiger partial charge in [0.15, 0.2) is 0 Å². The summed E-state index contributed by atoms with van der Waals surface area (Å²) in [4.78, 5) is 4.79. The maximum Gasteiger partial charge on any atom is 0.128 e. The number of rotatable bonds is 0. The lowest BCUT2D eigenvalue weighted by Crippen LogP contribution is -2.41. The number of hydrogen-bond acceptors (Lipinski definition) is 2. The minimum atomic E-state index is -0.740. The van der Waals surface area contributed by atoms with Gasteiger partial charge in [-0.05, 0) is 11.9 Å². The van der Waals surface area contributed by atoms with Crippen molar-refractivity contribution in [3.8, 4) is 10.8 Å². The molecule has 11 heavy (non-hydrogen) atoms. The molecule has 2 nitrogen and oxygen atoms in total. The van der Waals surface area contributed by atoms with Crippen LogP contribution >= 0.6 is 15.9 Å². The monoisotopic (exact) mass is 217 g/mol. The van der Waals surface area contributed by atoms with Crippen molar-refractivity contribution < 1.29 is 5.11 Å². The molecule has 1 aliphatic rings. The largest absolute Gasteiger partial charge is 0.377 e. The predicted molar refractivity (Wildman–Crippen MR) is 48.4 cm³/mol. The first kappa shape index (κ1) is 9.05. The van der Waals surface area contributed by atoms with E-state index in [1.165, 1.54) is 0 Å². The third-order valence-electron chi connectivity index (χ3n) is 2.09. The molecule has 0 bridgehead atoms. The molecule has 1 rings (SSSR count). The summed E-state index contributed by atoms with van der Waals surface area (Å²) in [5.74, 6) is 2.78. The maximum absolute atomic E-state index is 9.76. The molecule has 0 atom stereocenters. The number of hydrogen-bond donors (Lipinski definition) is 1. The number of likely N-dealkylation sites (tertiary alicyclic amines) is 1. The SMILES string of the molecule is CN1CCC(O)(C#CBr)CC1. The summed E-state index contributed by atoms with van der Waals surface area (Å²) in [6, 6.07) is 0. The summed E-state index contributed by atoms with van der Waals surface area (Å²) >= 11 is 3.00. The molecule has 1 heterocycles. The van der Waals surface area contributed by atoms with Gasteiger partial charge in [-0.25, -0.2) is 0 Å². The van der Waals surface area contributed by atoms with Gasteiger partial charge in [-0.2, -0.15) is 0 Å². The molecule has 1 fully saturated rings. The Morgan fingerprint density at radius 2 is 2.00 bits per heavy atom. The van der Waals surface area contributed by atoms with E-state index in [1.54, 1.807) is 0 Å². The fourth-order valence-corrected chi connectivity index (χ4v) is 1.57. The third kappa shape index (κ3) is 2.48. The standard InChI is InChI=1S/C8H12BrNO/c1-10-6-3-8(11,2-5-9)4-7-10/h11H,3-4,6-7H2,1H3. The molecule has 0 unspecified atom stereocenters. The smallest absolute Gasteiger partial charge is 0.128 e.